The highest BCUT2D eigenvalue weighted by molar-refractivity contribution is 6.51. The summed E-state index contributed by atoms with van der Waals surface area (Å²) < 4.78 is 52.9. The van der Waals surface area contributed by atoms with Gasteiger partial charge in [-0.05, 0) is 29.8 Å². The molecular formula is C25H18ClF3N2O6. The number of pyridine rings is 1. The van der Waals surface area contributed by atoms with Gasteiger partial charge in [0.2, 0.25) is 0 Å². The first-order valence-corrected chi connectivity index (χ1v) is 10.9. The van der Waals surface area contributed by atoms with Crippen molar-refractivity contribution in [2.45, 2.75) is 12.4 Å². The smallest absolute Gasteiger partial charge is 0.507 e. The Kier molecular flexibility index (Phi) is 6.99. The van der Waals surface area contributed by atoms with Crippen molar-refractivity contribution in [2.75, 3.05) is 19.1 Å². The van der Waals surface area contributed by atoms with Gasteiger partial charge in [-0.25, -0.2) is 0 Å². The molecule has 8 nitrogen and oxygen atoms in total. The molecule has 2 aromatic carbocycles. The lowest BCUT2D eigenvalue weighted by Gasteiger charge is -2.25. The van der Waals surface area contributed by atoms with Gasteiger partial charge in [-0.15, -0.1) is 13.2 Å². The quantitative estimate of drug-likeness (QED) is 0.261. The molecular weight excluding hydrogens is 517 g/mol. The summed E-state index contributed by atoms with van der Waals surface area (Å²) in [7, 11) is 2.70. The third kappa shape index (κ3) is 5.03. The van der Waals surface area contributed by atoms with Crippen LogP contribution in [0.1, 0.15) is 17.2 Å². The summed E-state index contributed by atoms with van der Waals surface area (Å²) in [6, 6.07) is 9.14. The van der Waals surface area contributed by atoms with Crippen LogP contribution in [-0.2, 0) is 9.59 Å². The summed E-state index contributed by atoms with van der Waals surface area (Å²) >= 11 is 6.23. The van der Waals surface area contributed by atoms with Gasteiger partial charge < -0.3 is 19.3 Å². The van der Waals surface area contributed by atoms with Crippen LogP contribution in [0.25, 0.3) is 5.76 Å². The van der Waals surface area contributed by atoms with Crippen LogP contribution >= 0.6 is 11.6 Å². The molecule has 0 radical (unpaired) electrons. The number of anilines is 1. The van der Waals surface area contributed by atoms with E-state index in [2.05, 4.69) is 9.72 Å². The molecule has 1 unspecified atom stereocenters. The molecule has 0 bridgehead atoms. The van der Waals surface area contributed by atoms with Crippen LogP contribution in [0.15, 0.2) is 66.5 Å². The van der Waals surface area contributed by atoms with Gasteiger partial charge in [-0.2, -0.15) is 0 Å². The Morgan fingerprint density at radius 2 is 1.78 bits per heavy atom. The van der Waals surface area contributed by atoms with Gasteiger partial charge in [0, 0.05) is 30.2 Å². The highest BCUT2D eigenvalue weighted by Gasteiger charge is 2.47. The molecule has 0 saturated carbocycles. The van der Waals surface area contributed by atoms with Crippen molar-refractivity contribution in [3.8, 4) is 17.2 Å². The fraction of sp³-hybridized carbons (Fsp3) is 0.160. The zero-order chi connectivity index (χ0) is 26.9. The van der Waals surface area contributed by atoms with E-state index in [1.807, 2.05) is 0 Å². The van der Waals surface area contributed by atoms with Crippen molar-refractivity contribution < 1.29 is 42.1 Å². The zero-order valence-electron chi connectivity index (χ0n) is 19.2. The summed E-state index contributed by atoms with van der Waals surface area (Å²) in [4.78, 5) is 31.5. The first-order chi connectivity index (χ1) is 17.6. The maximum absolute atomic E-state index is 13.3. The van der Waals surface area contributed by atoms with E-state index in [4.69, 9.17) is 21.1 Å². The van der Waals surface area contributed by atoms with E-state index < -0.39 is 35.6 Å². The second-order valence-corrected chi connectivity index (χ2v) is 8.09. The first kappa shape index (κ1) is 25.8. The fourth-order valence-electron chi connectivity index (χ4n) is 3.97. The average Bonchev–Trinajstić information content (AvgIpc) is 3.13. The average molecular weight is 535 g/mol. The summed E-state index contributed by atoms with van der Waals surface area (Å²) in [5.41, 5.74) is -0.116. The fourth-order valence-corrected chi connectivity index (χ4v) is 4.21. The molecule has 3 aromatic rings. The van der Waals surface area contributed by atoms with Crippen molar-refractivity contribution in [3.63, 3.8) is 0 Å². The number of hydrogen-bond donors (Lipinski definition) is 1. The van der Waals surface area contributed by atoms with E-state index in [1.54, 1.807) is 12.1 Å². The van der Waals surface area contributed by atoms with Gasteiger partial charge in [0.05, 0.1) is 36.4 Å². The van der Waals surface area contributed by atoms with Gasteiger partial charge in [0.15, 0.2) is 0 Å². The minimum Gasteiger partial charge on any atom is -0.507 e. The van der Waals surface area contributed by atoms with E-state index in [0.717, 1.165) is 17.0 Å². The number of alkyl halides is 3. The van der Waals surface area contributed by atoms with E-state index >= 15 is 0 Å². The number of hydrogen-bond acceptors (Lipinski definition) is 7. The van der Waals surface area contributed by atoms with Gasteiger partial charge >= 0.3 is 6.36 Å². The standard InChI is InChI=1S/C25H18ClF3N2O6/c1-35-18-11-19(36-2)17(26)10-16(18)22(32)20-21(13-5-4-8-30-12-13)31(24(34)23(20)33)14-6-3-7-15(9-14)37-25(27,28)29/h3-12,21,32H,1-2H3/b22-20+. The molecule has 1 fully saturated rings. The van der Waals surface area contributed by atoms with Crippen LogP contribution in [0.3, 0.4) is 0 Å². The number of nitrogens with zero attached hydrogens (tertiary/aromatic N) is 2. The molecule has 12 heteroatoms. The Hall–Kier alpha value is -4.25. The van der Waals surface area contributed by atoms with Crippen molar-refractivity contribution in [1.29, 1.82) is 0 Å². The molecule has 1 aliphatic heterocycles. The maximum Gasteiger partial charge on any atom is 0.573 e. The van der Waals surface area contributed by atoms with Gasteiger partial charge in [0.1, 0.15) is 23.0 Å². The number of carbonyl (C=O) groups is 2. The minimum absolute atomic E-state index is 0.00524. The number of rotatable bonds is 6. The molecule has 4 rings (SSSR count). The normalized spacial score (nSPS) is 17.1. The molecule has 192 valence electrons. The molecule has 37 heavy (non-hydrogen) atoms. The molecule has 0 aliphatic carbocycles. The van der Waals surface area contributed by atoms with Crippen LogP contribution in [0.2, 0.25) is 5.02 Å². The molecule has 1 amide bonds. The van der Waals surface area contributed by atoms with Gasteiger partial charge in [-0.1, -0.05) is 23.7 Å². The van der Waals surface area contributed by atoms with E-state index in [9.17, 15) is 27.9 Å². The Bertz CT molecular complexity index is 1390. The van der Waals surface area contributed by atoms with Crippen LogP contribution in [-0.4, -0.2) is 42.4 Å². The van der Waals surface area contributed by atoms with E-state index in [0.29, 0.717) is 5.56 Å². The van der Waals surface area contributed by atoms with Crippen molar-refractivity contribution in [2.24, 2.45) is 0 Å². The molecule has 2 heterocycles. The number of methoxy groups -OCH3 is 2. The maximum atomic E-state index is 13.3. The number of halogens is 4. The zero-order valence-corrected chi connectivity index (χ0v) is 20.0. The third-order valence-electron chi connectivity index (χ3n) is 5.50. The second-order valence-electron chi connectivity index (χ2n) is 7.69. The lowest BCUT2D eigenvalue weighted by atomic mass is 9.95. The minimum atomic E-state index is -4.97. The van der Waals surface area contributed by atoms with Gasteiger partial charge in [0.25, 0.3) is 11.7 Å². The molecule has 0 spiro atoms. The highest BCUT2D eigenvalue weighted by atomic mass is 35.5. The highest BCUT2D eigenvalue weighted by Crippen LogP contribution is 2.45. The number of Topliss-reactive ketones (excluding diaryl/α,β-unsaturated/α-hetero) is 1. The molecule has 1 saturated heterocycles. The second kappa shape index (κ2) is 10.0. The number of amides is 1. The number of ether oxygens (including phenoxy) is 3. The summed E-state index contributed by atoms with van der Waals surface area (Å²) in [5.74, 6) is -3.05. The molecule has 1 atom stereocenters. The lowest BCUT2D eigenvalue weighted by Crippen LogP contribution is -2.29. The van der Waals surface area contributed by atoms with Crippen LogP contribution in [0.5, 0.6) is 17.2 Å². The van der Waals surface area contributed by atoms with Crippen molar-refractivity contribution >= 4 is 34.7 Å². The predicted octanol–water partition coefficient (Wildman–Crippen LogP) is 5.28. The largest absolute Gasteiger partial charge is 0.573 e. The first-order valence-electron chi connectivity index (χ1n) is 10.5. The molecule has 1 N–H and O–H groups in total. The number of ketones is 1. The number of aromatic nitrogens is 1. The summed E-state index contributed by atoms with van der Waals surface area (Å²) in [6.45, 7) is 0. The van der Waals surface area contributed by atoms with Crippen LogP contribution in [0, 0.1) is 0 Å². The van der Waals surface area contributed by atoms with Crippen LogP contribution in [0.4, 0.5) is 18.9 Å². The number of aliphatic hydroxyl groups excluding tert-OH is 1. The Labute approximate surface area is 213 Å². The number of aliphatic hydroxyl groups is 1. The van der Waals surface area contributed by atoms with Crippen molar-refractivity contribution in [1.82, 2.24) is 4.98 Å². The Morgan fingerprint density at radius 3 is 2.41 bits per heavy atom. The lowest BCUT2D eigenvalue weighted by molar-refractivity contribution is -0.274. The van der Waals surface area contributed by atoms with Crippen LogP contribution < -0.4 is 19.1 Å². The van der Waals surface area contributed by atoms with E-state index in [1.165, 1.54) is 50.9 Å². The SMILES string of the molecule is COc1cc(OC)c(/C(O)=C2\C(=O)C(=O)N(c3cccc(OC(F)(F)F)c3)C2c2cccnc2)cc1Cl. The Balaban J connectivity index is 1.93. The number of carbonyl (C=O) groups excluding carboxylic acids is 2. The van der Waals surface area contributed by atoms with Gasteiger partial charge in [-0.3, -0.25) is 19.5 Å². The van der Waals surface area contributed by atoms with E-state index in [-0.39, 0.29) is 33.3 Å². The third-order valence-corrected chi connectivity index (χ3v) is 5.80. The topological polar surface area (TPSA) is 98.2 Å². The monoisotopic (exact) mass is 534 g/mol. The number of benzene rings is 2. The van der Waals surface area contributed by atoms with Crippen molar-refractivity contribution in [3.05, 3.63) is 82.6 Å². The molecule has 1 aliphatic rings. The summed E-state index contributed by atoms with van der Waals surface area (Å²) in [5, 5.41) is 11.4. The summed E-state index contributed by atoms with van der Waals surface area (Å²) in [6.07, 6.45) is -2.15. The Morgan fingerprint density at radius 1 is 1.05 bits per heavy atom. The predicted molar refractivity (Wildman–Crippen MR) is 127 cm³/mol. The molecule has 1 aromatic heterocycles.